The van der Waals surface area contributed by atoms with Crippen LogP contribution < -0.4 is 0 Å². The van der Waals surface area contributed by atoms with E-state index in [1.54, 1.807) is 0 Å². The maximum Gasteiger partial charge on any atom is 0.112 e. The first-order valence-electron chi connectivity index (χ1n) is 17.4. The number of rotatable bonds is 16. The minimum atomic E-state index is -2.02. The number of hydrogen-bond acceptors (Lipinski definition) is 18. The van der Waals surface area contributed by atoms with E-state index in [4.69, 9.17) is 0 Å². The molecule has 3 aromatic rings. The highest BCUT2D eigenvalue weighted by atomic mass is 16.4. The van der Waals surface area contributed by atoms with Crippen LogP contribution in [0, 0.1) is 0 Å². The third-order valence-electron chi connectivity index (χ3n) is 9.72. The monoisotopic (exact) mass is 790 g/mol. The molecule has 3 aromatic heterocycles. The van der Waals surface area contributed by atoms with E-state index in [1.165, 1.54) is 48.6 Å². The molecule has 306 valence electrons. The Morgan fingerprint density at radius 1 is 0.357 bits per heavy atom. The van der Waals surface area contributed by atoms with Crippen molar-refractivity contribution in [2.75, 3.05) is 26.4 Å². The molecule has 5 heterocycles. The van der Waals surface area contributed by atoms with Crippen LogP contribution in [0.5, 0.6) is 0 Å². The Morgan fingerprint density at radius 3 is 0.732 bits per heavy atom. The quantitative estimate of drug-likeness (QED) is 0.0449. The summed E-state index contributed by atoms with van der Waals surface area (Å²) in [6.07, 6.45) is -18.3. The fraction of sp³-hybridized carbons (Fsp3) is 0.444. The Kier molecular flexibility index (Phi) is 13.9. The number of nitrogens with one attached hydrogen (secondary N) is 2. The fourth-order valence-corrected chi connectivity index (χ4v) is 6.49. The van der Waals surface area contributed by atoms with Crippen LogP contribution in [0.2, 0.25) is 0 Å². The molecule has 0 fully saturated rings. The standard InChI is InChI=1S/C36H46N4O16/c41-9-21(45)29(49)33(53)25-13-1-2-14(37-13)26(34(54)30(50)22(46)10-42)16-5-6-18(39-16)28(36(56)32(52)24(48)12-44)20-8-7-19(40-20)27(17-4-3-15(25)38-17)35(55)31(51)23(47)11-43/h1-8,21-24,29-37,40-56H,9-12H2/t21-,22-,23-,24-,29-,30-,31-,32-,33-,34-,35-,36-/m0/s1. The molecule has 0 saturated carbocycles. The van der Waals surface area contributed by atoms with Crippen LogP contribution in [0.25, 0.3) is 46.4 Å². The molecule has 20 nitrogen and oxygen atoms in total. The molecule has 5 rings (SSSR count). The highest BCUT2D eigenvalue weighted by molar-refractivity contribution is 5.84. The first-order chi connectivity index (χ1) is 26.6. The van der Waals surface area contributed by atoms with Gasteiger partial charge < -0.3 is 91.7 Å². The van der Waals surface area contributed by atoms with Gasteiger partial charge in [-0.2, -0.15) is 0 Å². The van der Waals surface area contributed by atoms with Gasteiger partial charge in [-0.25, -0.2) is 9.97 Å². The minimum Gasteiger partial charge on any atom is -0.394 e. The summed E-state index contributed by atoms with van der Waals surface area (Å²) in [6.45, 7) is -3.85. The smallest absolute Gasteiger partial charge is 0.112 e. The van der Waals surface area contributed by atoms with Crippen molar-refractivity contribution in [3.8, 4) is 0 Å². The third-order valence-corrected chi connectivity index (χ3v) is 9.72. The molecule has 0 unspecified atom stereocenters. The zero-order valence-corrected chi connectivity index (χ0v) is 29.4. The van der Waals surface area contributed by atoms with Gasteiger partial charge in [0.2, 0.25) is 0 Å². The molecule has 0 amide bonds. The van der Waals surface area contributed by atoms with Gasteiger partial charge >= 0.3 is 0 Å². The van der Waals surface area contributed by atoms with Crippen molar-refractivity contribution in [2.24, 2.45) is 0 Å². The first-order valence-corrected chi connectivity index (χ1v) is 17.4. The number of H-pyrrole nitrogens is 2. The highest BCUT2D eigenvalue weighted by Gasteiger charge is 2.35. The van der Waals surface area contributed by atoms with Crippen LogP contribution in [0.1, 0.15) is 69.4 Å². The normalized spacial score (nSPS) is 19.4. The van der Waals surface area contributed by atoms with E-state index in [0.717, 1.165) is 0 Å². The summed E-state index contributed by atoms with van der Waals surface area (Å²) in [5, 5.41) is 168. The summed E-state index contributed by atoms with van der Waals surface area (Å²) in [5.74, 6) is 0. The number of fused-ring (bicyclic) bond motifs is 8. The third kappa shape index (κ3) is 8.32. The zero-order valence-electron chi connectivity index (χ0n) is 29.4. The summed E-state index contributed by atoms with van der Waals surface area (Å²) >= 11 is 0. The lowest BCUT2D eigenvalue weighted by Gasteiger charge is -2.23. The Hall–Kier alpha value is -4.04. The lowest BCUT2D eigenvalue weighted by Crippen LogP contribution is -2.35. The van der Waals surface area contributed by atoms with Gasteiger partial charge in [0.1, 0.15) is 73.2 Å². The maximum absolute atomic E-state index is 11.4. The number of aliphatic hydroxyl groups excluding tert-OH is 16. The second kappa shape index (κ2) is 18.0. The number of hydrogen-bond donors (Lipinski definition) is 18. The van der Waals surface area contributed by atoms with Crippen LogP contribution in [0.3, 0.4) is 0 Å². The highest BCUT2D eigenvalue weighted by Crippen LogP contribution is 2.37. The Balaban J connectivity index is 2.01. The van der Waals surface area contributed by atoms with Crippen molar-refractivity contribution >= 4 is 46.4 Å². The summed E-state index contributed by atoms with van der Waals surface area (Å²) in [6, 6.07) is 5.37. The molecule has 0 aromatic carbocycles. The Morgan fingerprint density at radius 2 is 0.554 bits per heavy atom. The van der Waals surface area contributed by atoms with Gasteiger partial charge in [-0.05, 0) is 48.6 Å². The number of aromatic nitrogens is 4. The zero-order chi connectivity index (χ0) is 41.2. The largest absolute Gasteiger partial charge is 0.394 e. The van der Waals surface area contributed by atoms with Crippen molar-refractivity contribution in [1.29, 1.82) is 0 Å². The second-order valence-corrected chi connectivity index (χ2v) is 13.4. The summed E-state index contributed by atoms with van der Waals surface area (Å²) < 4.78 is 0. The molecular formula is C36H46N4O16. The number of aliphatic hydroxyl groups is 16. The summed E-state index contributed by atoms with van der Waals surface area (Å²) in [4.78, 5) is 14.9. The van der Waals surface area contributed by atoms with E-state index in [2.05, 4.69) is 19.9 Å². The maximum atomic E-state index is 11.4. The average molecular weight is 791 g/mol. The van der Waals surface area contributed by atoms with Crippen LogP contribution >= 0.6 is 0 Å². The molecule has 18 N–H and O–H groups in total. The van der Waals surface area contributed by atoms with Crippen molar-refractivity contribution in [1.82, 2.24) is 19.9 Å². The molecule has 12 atom stereocenters. The van der Waals surface area contributed by atoms with Gasteiger partial charge in [0.25, 0.3) is 0 Å². The fourth-order valence-electron chi connectivity index (χ4n) is 6.49. The minimum absolute atomic E-state index is 0.0362. The van der Waals surface area contributed by atoms with E-state index in [-0.39, 0.29) is 67.1 Å². The van der Waals surface area contributed by atoms with E-state index in [0.29, 0.717) is 0 Å². The van der Waals surface area contributed by atoms with Gasteiger partial charge in [-0.15, -0.1) is 0 Å². The van der Waals surface area contributed by atoms with Crippen LogP contribution in [-0.4, -0.2) is 177 Å². The second-order valence-electron chi connectivity index (χ2n) is 13.4. The van der Waals surface area contributed by atoms with Gasteiger partial charge in [0, 0.05) is 44.3 Å². The lowest BCUT2D eigenvalue weighted by atomic mass is 9.99. The van der Waals surface area contributed by atoms with Crippen molar-refractivity contribution in [2.45, 2.75) is 73.2 Å². The molecule has 0 saturated heterocycles. The molecule has 2 aliphatic rings. The topological polar surface area (TPSA) is 381 Å². The Labute approximate surface area is 316 Å². The van der Waals surface area contributed by atoms with Crippen molar-refractivity contribution in [3.05, 3.63) is 69.3 Å². The van der Waals surface area contributed by atoms with Crippen molar-refractivity contribution in [3.63, 3.8) is 0 Å². The van der Waals surface area contributed by atoms with Gasteiger partial charge in [0.15, 0.2) is 0 Å². The van der Waals surface area contributed by atoms with E-state index in [1.807, 2.05) is 0 Å². The van der Waals surface area contributed by atoms with Crippen molar-refractivity contribution < 1.29 is 81.7 Å². The lowest BCUT2D eigenvalue weighted by molar-refractivity contribution is -0.0776. The summed E-state index contributed by atoms with van der Waals surface area (Å²) in [5.41, 5.74) is -1.52. The average Bonchev–Trinajstić information content (AvgIpc) is 4.05. The van der Waals surface area contributed by atoms with Gasteiger partial charge in [-0.1, -0.05) is 0 Å². The molecule has 2 aliphatic heterocycles. The SMILES string of the molecule is OC[C@H](O)[C@H](O)[C@@H](O)c1c2nc(c([C@H](O)[C@@H](O)[C@@H](O)CO)c3ccc([nH]3)c([C@H](O)[C@@H](O)[C@@H](O)CO)c3nc(c([C@H](O)[C@@H](O)[C@@H](O)CO)c4ccc1[nH]4)C=C3)C=C2. The number of nitrogens with zero attached hydrogens (tertiary/aromatic N) is 2. The number of aromatic amines is 2. The van der Waals surface area contributed by atoms with E-state index < -0.39 is 99.7 Å². The molecule has 0 aliphatic carbocycles. The van der Waals surface area contributed by atoms with Gasteiger partial charge in [0.05, 0.1) is 49.2 Å². The van der Waals surface area contributed by atoms with Crippen LogP contribution in [0.15, 0.2) is 24.3 Å². The van der Waals surface area contributed by atoms with Crippen LogP contribution in [-0.2, 0) is 0 Å². The van der Waals surface area contributed by atoms with E-state index in [9.17, 15) is 81.7 Å². The molecule has 0 radical (unpaired) electrons. The predicted octanol–water partition coefficient (Wildman–Crippen LogP) is -4.35. The van der Waals surface area contributed by atoms with Gasteiger partial charge in [-0.3, -0.25) is 0 Å². The first kappa shape index (κ1) is 43.1. The Bertz CT molecular complexity index is 1790. The molecule has 0 spiro atoms. The van der Waals surface area contributed by atoms with E-state index >= 15 is 0 Å². The molecule has 8 bridgehead atoms. The predicted molar refractivity (Wildman–Crippen MR) is 195 cm³/mol. The molecule has 56 heavy (non-hydrogen) atoms. The summed E-state index contributed by atoms with van der Waals surface area (Å²) in [7, 11) is 0. The van der Waals surface area contributed by atoms with Crippen LogP contribution in [0.4, 0.5) is 0 Å². The molecular weight excluding hydrogens is 744 g/mol. The molecule has 20 heteroatoms.